The number of carboxylic acid groups (broad SMARTS) is 1. The summed E-state index contributed by atoms with van der Waals surface area (Å²) in [6.45, 7) is 0. The monoisotopic (exact) mass is 230 g/mol. The lowest BCUT2D eigenvalue weighted by Gasteiger charge is -2.23. The first-order valence-electron chi connectivity index (χ1n) is 5.84. The Kier molecular flexibility index (Phi) is 2.21. The standard InChI is InChI=1S/C14H14O3/c15-13(16)14-7-6-10(8-14)12(9-14)17-11-4-2-1-3-5-11/h1-7,10,12H,8-9H2,(H,15,16). The molecule has 0 amide bonds. The minimum absolute atomic E-state index is 0.00139. The Bertz CT molecular complexity index is 466. The van der Waals surface area contributed by atoms with Gasteiger partial charge in [0.25, 0.3) is 0 Å². The third-order valence-electron chi connectivity index (χ3n) is 3.76. The van der Waals surface area contributed by atoms with Crippen LogP contribution in [0.5, 0.6) is 5.75 Å². The van der Waals surface area contributed by atoms with E-state index >= 15 is 0 Å². The van der Waals surface area contributed by atoms with E-state index < -0.39 is 11.4 Å². The zero-order valence-corrected chi connectivity index (χ0v) is 9.37. The average Bonchev–Trinajstić information content (AvgIpc) is 2.89. The largest absolute Gasteiger partial charge is 0.490 e. The number of benzene rings is 1. The number of carboxylic acids is 1. The second-order valence-electron chi connectivity index (χ2n) is 4.86. The fourth-order valence-electron chi connectivity index (χ4n) is 2.83. The van der Waals surface area contributed by atoms with Crippen LogP contribution in [0, 0.1) is 11.3 Å². The Morgan fingerprint density at radius 3 is 2.71 bits per heavy atom. The van der Waals surface area contributed by atoms with Gasteiger partial charge in [0, 0.05) is 12.3 Å². The molecule has 0 aromatic heterocycles. The van der Waals surface area contributed by atoms with Crippen LogP contribution in [0.3, 0.4) is 0 Å². The van der Waals surface area contributed by atoms with E-state index in [-0.39, 0.29) is 12.0 Å². The van der Waals surface area contributed by atoms with Gasteiger partial charge in [-0.3, -0.25) is 4.79 Å². The summed E-state index contributed by atoms with van der Waals surface area (Å²) in [4.78, 5) is 11.3. The van der Waals surface area contributed by atoms with Crippen LogP contribution in [0.4, 0.5) is 0 Å². The molecule has 2 bridgehead atoms. The van der Waals surface area contributed by atoms with Crippen molar-refractivity contribution in [3.05, 3.63) is 42.5 Å². The van der Waals surface area contributed by atoms with E-state index in [1.807, 2.05) is 42.5 Å². The van der Waals surface area contributed by atoms with Crippen molar-refractivity contribution in [3.63, 3.8) is 0 Å². The van der Waals surface area contributed by atoms with E-state index in [0.29, 0.717) is 12.8 Å². The van der Waals surface area contributed by atoms with Crippen molar-refractivity contribution in [3.8, 4) is 5.75 Å². The first-order chi connectivity index (χ1) is 8.20. The number of aliphatic carboxylic acids is 1. The van der Waals surface area contributed by atoms with Gasteiger partial charge in [0.05, 0.1) is 5.41 Å². The molecule has 0 saturated heterocycles. The normalized spacial score (nSPS) is 33.9. The van der Waals surface area contributed by atoms with Crippen molar-refractivity contribution in [1.82, 2.24) is 0 Å². The Balaban J connectivity index is 1.77. The second kappa shape index (κ2) is 3.62. The maximum Gasteiger partial charge on any atom is 0.313 e. The van der Waals surface area contributed by atoms with Crippen LogP contribution in [0.1, 0.15) is 12.8 Å². The maximum absolute atomic E-state index is 11.3. The SMILES string of the molecule is O=C(O)C12C=CC(C1)C(Oc1ccccc1)C2. The third-order valence-corrected chi connectivity index (χ3v) is 3.76. The van der Waals surface area contributed by atoms with Crippen LogP contribution in [0.2, 0.25) is 0 Å². The van der Waals surface area contributed by atoms with Gasteiger partial charge in [-0.1, -0.05) is 30.4 Å². The van der Waals surface area contributed by atoms with Crippen molar-refractivity contribution < 1.29 is 14.6 Å². The molecule has 2 aliphatic rings. The summed E-state index contributed by atoms with van der Waals surface area (Å²) in [7, 11) is 0. The van der Waals surface area contributed by atoms with Crippen molar-refractivity contribution >= 4 is 5.97 Å². The van der Waals surface area contributed by atoms with E-state index in [1.54, 1.807) is 0 Å². The fraction of sp³-hybridized carbons (Fsp3) is 0.357. The zero-order chi connectivity index (χ0) is 11.9. The fourth-order valence-corrected chi connectivity index (χ4v) is 2.83. The molecule has 0 aliphatic heterocycles. The molecule has 0 heterocycles. The van der Waals surface area contributed by atoms with Crippen molar-refractivity contribution in [1.29, 1.82) is 0 Å². The molecule has 3 unspecified atom stereocenters. The molecular formula is C14H14O3. The number of rotatable bonds is 3. The molecule has 88 valence electrons. The molecule has 1 N–H and O–H groups in total. The summed E-state index contributed by atoms with van der Waals surface area (Å²) in [6.07, 6.45) is 5.09. The van der Waals surface area contributed by atoms with E-state index in [9.17, 15) is 9.90 Å². The molecule has 17 heavy (non-hydrogen) atoms. The van der Waals surface area contributed by atoms with Crippen LogP contribution < -0.4 is 4.74 Å². The summed E-state index contributed by atoms with van der Waals surface area (Å²) in [5.74, 6) is 0.334. The van der Waals surface area contributed by atoms with Gasteiger partial charge in [-0.05, 0) is 18.6 Å². The predicted molar refractivity (Wildman–Crippen MR) is 62.8 cm³/mol. The summed E-state index contributed by atoms with van der Waals surface area (Å²) in [5, 5.41) is 9.27. The molecule has 3 nitrogen and oxygen atoms in total. The van der Waals surface area contributed by atoms with E-state index in [2.05, 4.69) is 0 Å². The first kappa shape index (κ1) is 10.4. The van der Waals surface area contributed by atoms with Gasteiger partial charge in [-0.15, -0.1) is 0 Å². The number of hydrogen-bond acceptors (Lipinski definition) is 2. The van der Waals surface area contributed by atoms with Gasteiger partial charge in [0.1, 0.15) is 11.9 Å². The number of fused-ring (bicyclic) bond motifs is 2. The van der Waals surface area contributed by atoms with Crippen LogP contribution >= 0.6 is 0 Å². The molecule has 1 aromatic rings. The quantitative estimate of drug-likeness (QED) is 0.811. The number of hydrogen-bond donors (Lipinski definition) is 1. The molecule has 2 aliphatic carbocycles. The lowest BCUT2D eigenvalue weighted by atomic mass is 9.87. The van der Waals surface area contributed by atoms with E-state index in [4.69, 9.17) is 4.74 Å². The second-order valence-corrected chi connectivity index (χ2v) is 4.86. The molecule has 0 spiro atoms. The lowest BCUT2D eigenvalue weighted by molar-refractivity contribution is -0.145. The molecule has 3 heteroatoms. The zero-order valence-electron chi connectivity index (χ0n) is 9.37. The highest BCUT2D eigenvalue weighted by atomic mass is 16.5. The number of carbonyl (C=O) groups is 1. The van der Waals surface area contributed by atoms with E-state index in [1.165, 1.54) is 0 Å². The van der Waals surface area contributed by atoms with E-state index in [0.717, 1.165) is 5.75 Å². The summed E-state index contributed by atoms with van der Waals surface area (Å²) >= 11 is 0. The van der Waals surface area contributed by atoms with Gasteiger partial charge in [0.2, 0.25) is 0 Å². The van der Waals surface area contributed by atoms with Gasteiger partial charge in [0.15, 0.2) is 0 Å². The molecule has 3 rings (SSSR count). The average molecular weight is 230 g/mol. The Hall–Kier alpha value is -1.77. The molecular weight excluding hydrogens is 216 g/mol. The number of ether oxygens (including phenoxy) is 1. The highest BCUT2D eigenvalue weighted by Gasteiger charge is 2.53. The van der Waals surface area contributed by atoms with Gasteiger partial charge < -0.3 is 9.84 Å². The molecule has 1 aromatic carbocycles. The van der Waals surface area contributed by atoms with Crippen molar-refractivity contribution in [2.75, 3.05) is 0 Å². The summed E-state index contributed by atoms with van der Waals surface area (Å²) < 4.78 is 5.87. The Morgan fingerprint density at radius 2 is 2.06 bits per heavy atom. The topological polar surface area (TPSA) is 46.5 Å². The Morgan fingerprint density at radius 1 is 1.29 bits per heavy atom. The van der Waals surface area contributed by atoms with Gasteiger partial charge >= 0.3 is 5.97 Å². The summed E-state index contributed by atoms with van der Waals surface area (Å²) in [6, 6.07) is 9.59. The molecule has 3 atom stereocenters. The molecule has 1 saturated carbocycles. The third kappa shape index (κ3) is 1.62. The lowest BCUT2D eigenvalue weighted by Crippen LogP contribution is -2.29. The van der Waals surface area contributed by atoms with Crippen LogP contribution in [-0.4, -0.2) is 17.2 Å². The molecule has 0 radical (unpaired) electrons. The first-order valence-corrected chi connectivity index (χ1v) is 5.84. The Labute approximate surface area is 99.7 Å². The van der Waals surface area contributed by atoms with Crippen LogP contribution in [-0.2, 0) is 4.79 Å². The van der Waals surface area contributed by atoms with Crippen molar-refractivity contribution in [2.45, 2.75) is 18.9 Å². The number of para-hydroxylation sites is 1. The van der Waals surface area contributed by atoms with Gasteiger partial charge in [-0.25, -0.2) is 0 Å². The smallest absolute Gasteiger partial charge is 0.313 e. The molecule has 1 fully saturated rings. The van der Waals surface area contributed by atoms with Crippen molar-refractivity contribution in [2.24, 2.45) is 11.3 Å². The summed E-state index contributed by atoms with van der Waals surface area (Å²) in [5.41, 5.74) is -0.676. The minimum atomic E-state index is -0.726. The van der Waals surface area contributed by atoms with Crippen LogP contribution in [0.25, 0.3) is 0 Å². The van der Waals surface area contributed by atoms with Gasteiger partial charge in [-0.2, -0.15) is 0 Å². The maximum atomic E-state index is 11.3. The highest BCUT2D eigenvalue weighted by molar-refractivity contribution is 5.78. The van der Waals surface area contributed by atoms with Crippen LogP contribution in [0.15, 0.2) is 42.5 Å². The predicted octanol–water partition coefficient (Wildman–Crippen LogP) is 2.48. The highest BCUT2D eigenvalue weighted by Crippen LogP contribution is 2.50. The minimum Gasteiger partial charge on any atom is -0.490 e.